The highest BCUT2D eigenvalue weighted by atomic mass is 19.4. The van der Waals surface area contributed by atoms with E-state index >= 15 is 0 Å². The summed E-state index contributed by atoms with van der Waals surface area (Å²) in [6, 6.07) is 11.4. The molecule has 1 fully saturated rings. The molecule has 5 rings (SSSR count). The number of alkyl halides is 6. The largest absolute Gasteiger partial charge is 0.573 e. The van der Waals surface area contributed by atoms with Gasteiger partial charge in [0.2, 0.25) is 5.91 Å². The van der Waals surface area contributed by atoms with Gasteiger partial charge in [-0.05, 0) is 66.1 Å². The van der Waals surface area contributed by atoms with Gasteiger partial charge in [-0.3, -0.25) is 14.4 Å². The average molecular weight is 608 g/mol. The lowest BCUT2D eigenvalue weighted by molar-refractivity contribution is -0.274. The van der Waals surface area contributed by atoms with Crippen LogP contribution < -0.4 is 14.8 Å². The quantitative estimate of drug-likeness (QED) is 0.400. The van der Waals surface area contributed by atoms with E-state index < -0.39 is 54.2 Å². The van der Waals surface area contributed by atoms with Gasteiger partial charge < -0.3 is 24.6 Å². The maximum absolute atomic E-state index is 13.5. The van der Waals surface area contributed by atoms with Crippen LogP contribution >= 0.6 is 0 Å². The van der Waals surface area contributed by atoms with Crippen molar-refractivity contribution in [2.45, 2.75) is 25.5 Å². The Balaban J connectivity index is 1.27. The molecular weight excluding hydrogens is 584 g/mol. The second kappa shape index (κ2) is 11.2. The lowest BCUT2D eigenvalue weighted by Crippen LogP contribution is -2.60. The molecule has 2 heterocycles. The number of hydrogen-bond acceptors (Lipinski definition) is 5. The minimum atomic E-state index is -4.86. The number of carbonyl (C=O) groups is 3. The average Bonchev–Trinajstić information content (AvgIpc) is 3.04. The first-order valence-electron chi connectivity index (χ1n) is 12.9. The molecule has 0 radical (unpaired) electrons. The minimum absolute atomic E-state index is 0.00159. The number of anilines is 1. The Kier molecular flexibility index (Phi) is 7.71. The van der Waals surface area contributed by atoms with Crippen molar-refractivity contribution in [1.82, 2.24) is 9.80 Å². The molecule has 14 heteroatoms. The van der Waals surface area contributed by atoms with E-state index in [1.165, 1.54) is 53.1 Å². The topological polar surface area (TPSA) is 88.2 Å². The fourth-order valence-electron chi connectivity index (χ4n) is 4.94. The zero-order valence-corrected chi connectivity index (χ0v) is 22.4. The van der Waals surface area contributed by atoms with Gasteiger partial charge in [0.05, 0.1) is 23.4 Å². The number of nitrogens with one attached hydrogen (secondary N) is 1. The monoisotopic (exact) mass is 607 g/mol. The molecule has 1 atom stereocenters. The molecule has 1 N–H and O–H groups in total. The molecule has 2 aliphatic rings. The number of halogens is 6. The Morgan fingerprint density at radius 3 is 2.40 bits per heavy atom. The number of ether oxygens (including phenoxy) is 2. The van der Waals surface area contributed by atoms with Crippen LogP contribution in [0, 0.1) is 6.92 Å². The van der Waals surface area contributed by atoms with E-state index in [0.29, 0.717) is 11.1 Å². The van der Waals surface area contributed by atoms with Crippen molar-refractivity contribution in [3.05, 3.63) is 77.4 Å². The van der Waals surface area contributed by atoms with Gasteiger partial charge in [0, 0.05) is 13.1 Å². The summed E-state index contributed by atoms with van der Waals surface area (Å²) >= 11 is 0. The molecule has 2 aliphatic heterocycles. The van der Waals surface area contributed by atoms with E-state index in [0.717, 1.165) is 24.3 Å². The van der Waals surface area contributed by atoms with E-state index in [2.05, 4.69) is 10.1 Å². The third-order valence-corrected chi connectivity index (χ3v) is 7.06. The maximum atomic E-state index is 13.5. The summed E-state index contributed by atoms with van der Waals surface area (Å²) in [5, 5.41) is 2.67. The van der Waals surface area contributed by atoms with Crippen LogP contribution in [0.15, 0.2) is 60.7 Å². The van der Waals surface area contributed by atoms with Gasteiger partial charge in [-0.2, -0.15) is 13.2 Å². The number of nitrogens with zero attached hydrogens (tertiary/aromatic N) is 2. The number of hydrogen-bond donors (Lipinski definition) is 1. The first-order valence-corrected chi connectivity index (χ1v) is 12.9. The zero-order chi connectivity index (χ0) is 31.1. The summed E-state index contributed by atoms with van der Waals surface area (Å²) in [5.74, 6) is -1.85. The Bertz CT molecular complexity index is 1590. The lowest BCUT2D eigenvalue weighted by Gasteiger charge is -2.39. The van der Waals surface area contributed by atoms with Crippen LogP contribution in [0.5, 0.6) is 11.5 Å². The Morgan fingerprint density at radius 1 is 0.953 bits per heavy atom. The molecule has 0 aliphatic carbocycles. The van der Waals surface area contributed by atoms with Gasteiger partial charge in [0.1, 0.15) is 17.5 Å². The van der Waals surface area contributed by atoms with E-state index in [1.54, 1.807) is 0 Å². The summed E-state index contributed by atoms with van der Waals surface area (Å²) in [6.07, 6.45) is -9.40. The van der Waals surface area contributed by atoms with Crippen LogP contribution in [0.25, 0.3) is 11.1 Å². The van der Waals surface area contributed by atoms with E-state index in [-0.39, 0.29) is 42.2 Å². The first kappa shape index (κ1) is 29.7. The summed E-state index contributed by atoms with van der Waals surface area (Å²) < 4.78 is 86.4. The van der Waals surface area contributed by atoms with Crippen molar-refractivity contribution in [2.75, 3.05) is 31.6 Å². The highest BCUT2D eigenvalue weighted by Gasteiger charge is 2.40. The molecule has 0 bridgehead atoms. The number of aryl methyl sites for hydroxylation is 1. The molecule has 8 nitrogen and oxygen atoms in total. The van der Waals surface area contributed by atoms with Crippen molar-refractivity contribution in [1.29, 1.82) is 0 Å². The summed E-state index contributed by atoms with van der Waals surface area (Å²) in [6.45, 7) is 0.935. The minimum Gasteiger partial charge on any atom is -0.483 e. The molecule has 226 valence electrons. The van der Waals surface area contributed by atoms with Gasteiger partial charge in [-0.15, -0.1) is 13.2 Å². The molecule has 0 saturated carbocycles. The number of benzene rings is 3. The Labute approximate surface area is 240 Å². The van der Waals surface area contributed by atoms with Crippen molar-refractivity contribution in [3.63, 3.8) is 0 Å². The van der Waals surface area contributed by atoms with Gasteiger partial charge in [-0.1, -0.05) is 18.2 Å². The fourth-order valence-corrected chi connectivity index (χ4v) is 4.94. The van der Waals surface area contributed by atoms with E-state index in [1.807, 2.05) is 0 Å². The fraction of sp³-hybridized carbons (Fsp3) is 0.276. The molecule has 3 aromatic rings. The number of carbonyl (C=O) groups excluding carboxylic acids is 3. The van der Waals surface area contributed by atoms with E-state index in [4.69, 9.17) is 4.74 Å². The molecule has 1 saturated heterocycles. The summed E-state index contributed by atoms with van der Waals surface area (Å²) in [7, 11) is 0. The SMILES string of the molecule is Cc1cc(OC(F)(F)F)ccc1OCC(=O)N1CCN2C(=O)c3cc(-c4cccc(C(F)(F)F)c4)ccc3NC(=O)[C@@H]2C1. The normalized spacial score (nSPS) is 17.0. The standard InChI is InChI=1S/C29H23F6N3O5/c1-16-11-20(43-29(33,34)35)6-8-24(16)42-15-25(39)37-9-10-38-23(14-37)26(40)36-22-7-5-18(13-21(22)27(38)41)17-3-2-4-19(12-17)28(30,31)32/h2-8,11-13,23H,9-10,14-15H2,1H3,(H,36,40)/t23-/m0/s1. The van der Waals surface area contributed by atoms with Gasteiger partial charge in [-0.25, -0.2) is 0 Å². The summed E-state index contributed by atoms with van der Waals surface area (Å²) in [5.41, 5.74) is 0.343. The molecule has 3 aromatic carbocycles. The molecule has 0 aromatic heterocycles. The van der Waals surface area contributed by atoms with Gasteiger partial charge in [0.25, 0.3) is 11.8 Å². The second-order valence-corrected chi connectivity index (χ2v) is 9.95. The van der Waals surface area contributed by atoms with Crippen molar-refractivity contribution in [3.8, 4) is 22.6 Å². The van der Waals surface area contributed by atoms with Crippen LogP contribution in [0.3, 0.4) is 0 Å². The molecule has 3 amide bonds. The lowest BCUT2D eigenvalue weighted by atomic mass is 9.99. The predicted molar refractivity (Wildman–Crippen MR) is 140 cm³/mol. The number of fused-ring (bicyclic) bond motifs is 2. The molecule has 43 heavy (non-hydrogen) atoms. The third-order valence-electron chi connectivity index (χ3n) is 7.06. The van der Waals surface area contributed by atoms with Crippen molar-refractivity contribution in [2.24, 2.45) is 0 Å². The molecule has 0 unspecified atom stereocenters. The maximum Gasteiger partial charge on any atom is 0.573 e. The van der Waals surface area contributed by atoms with Crippen LogP contribution in [0.2, 0.25) is 0 Å². The number of piperazine rings is 1. The highest BCUT2D eigenvalue weighted by molar-refractivity contribution is 6.10. The second-order valence-electron chi connectivity index (χ2n) is 9.95. The zero-order valence-electron chi connectivity index (χ0n) is 22.4. The van der Waals surface area contributed by atoms with Crippen LogP contribution in [0.1, 0.15) is 21.5 Å². The van der Waals surface area contributed by atoms with Crippen molar-refractivity contribution < 1.29 is 50.2 Å². The Morgan fingerprint density at radius 2 is 1.70 bits per heavy atom. The number of amides is 3. The molecular formula is C29H23F6N3O5. The van der Waals surface area contributed by atoms with Crippen LogP contribution in [-0.4, -0.2) is 66.2 Å². The summed E-state index contributed by atoms with van der Waals surface area (Å²) in [4.78, 5) is 42.2. The molecule has 0 spiro atoms. The smallest absolute Gasteiger partial charge is 0.483 e. The van der Waals surface area contributed by atoms with Crippen LogP contribution in [0.4, 0.5) is 32.0 Å². The Hall–Kier alpha value is -4.75. The predicted octanol–water partition coefficient (Wildman–Crippen LogP) is 5.26. The van der Waals surface area contributed by atoms with Crippen molar-refractivity contribution >= 4 is 23.4 Å². The van der Waals surface area contributed by atoms with E-state index in [9.17, 15) is 40.7 Å². The highest BCUT2D eigenvalue weighted by Crippen LogP contribution is 2.35. The van der Waals surface area contributed by atoms with Gasteiger partial charge in [0.15, 0.2) is 6.61 Å². The number of rotatable bonds is 5. The first-order chi connectivity index (χ1) is 20.2. The third kappa shape index (κ3) is 6.52. The van der Waals surface area contributed by atoms with Crippen LogP contribution in [-0.2, 0) is 15.8 Å². The van der Waals surface area contributed by atoms with Gasteiger partial charge >= 0.3 is 12.5 Å².